The van der Waals surface area contributed by atoms with Crippen LogP contribution in [0.5, 0.6) is 0 Å². The van der Waals surface area contributed by atoms with Crippen LogP contribution in [-0.4, -0.2) is 5.91 Å². The van der Waals surface area contributed by atoms with Gasteiger partial charge in [-0.1, -0.05) is 0 Å². The van der Waals surface area contributed by atoms with E-state index in [-0.39, 0.29) is 5.69 Å². The molecular formula is C8H8F2N2O. The molecule has 0 aliphatic carbocycles. The number of hydrogen-bond donors (Lipinski definition) is 2. The largest absolute Gasteiger partial charge is 0.395 e. The molecule has 1 aromatic rings. The second-order valence-electron chi connectivity index (χ2n) is 2.50. The molecule has 70 valence electrons. The summed E-state index contributed by atoms with van der Waals surface area (Å²) in [6.45, 7) is 1.25. The Kier molecular flexibility index (Phi) is 2.46. The molecule has 0 aliphatic heterocycles. The van der Waals surface area contributed by atoms with Crippen LogP contribution >= 0.6 is 0 Å². The second-order valence-corrected chi connectivity index (χ2v) is 2.50. The van der Waals surface area contributed by atoms with Crippen LogP contribution in [0.3, 0.4) is 0 Å². The molecule has 0 heterocycles. The lowest BCUT2D eigenvalue weighted by Gasteiger charge is -2.06. The third kappa shape index (κ3) is 1.93. The minimum absolute atomic E-state index is 0.0754. The van der Waals surface area contributed by atoms with Crippen molar-refractivity contribution >= 4 is 17.3 Å². The normalized spacial score (nSPS) is 9.77. The summed E-state index contributed by atoms with van der Waals surface area (Å²) in [6.07, 6.45) is 0. The van der Waals surface area contributed by atoms with Crippen LogP contribution in [0.2, 0.25) is 0 Å². The van der Waals surface area contributed by atoms with Crippen LogP contribution in [-0.2, 0) is 4.79 Å². The number of nitrogens with one attached hydrogen (secondary N) is 1. The molecule has 0 unspecified atom stereocenters. The van der Waals surface area contributed by atoms with Crippen LogP contribution in [0, 0.1) is 11.6 Å². The van der Waals surface area contributed by atoms with Crippen molar-refractivity contribution in [2.45, 2.75) is 6.92 Å². The van der Waals surface area contributed by atoms with Gasteiger partial charge in [0.25, 0.3) is 0 Å². The maximum absolute atomic E-state index is 12.8. The quantitative estimate of drug-likeness (QED) is 0.653. The van der Waals surface area contributed by atoms with Crippen molar-refractivity contribution in [3.05, 3.63) is 23.8 Å². The molecule has 3 N–H and O–H groups in total. The molecular weight excluding hydrogens is 178 g/mol. The van der Waals surface area contributed by atoms with E-state index in [1.165, 1.54) is 13.0 Å². The number of anilines is 2. The molecule has 0 saturated heterocycles. The van der Waals surface area contributed by atoms with E-state index in [1.54, 1.807) is 0 Å². The van der Waals surface area contributed by atoms with Crippen molar-refractivity contribution < 1.29 is 13.6 Å². The number of nitrogen functional groups attached to an aromatic ring is 1. The first kappa shape index (κ1) is 9.44. The summed E-state index contributed by atoms with van der Waals surface area (Å²) < 4.78 is 25.3. The molecule has 0 radical (unpaired) electrons. The monoisotopic (exact) mass is 186 g/mol. The Balaban J connectivity index is 3.10. The molecule has 0 atom stereocenters. The van der Waals surface area contributed by atoms with Crippen LogP contribution < -0.4 is 11.1 Å². The number of rotatable bonds is 1. The van der Waals surface area contributed by atoms with E-state index in [0.29, 0.717) is 0 Å². The highest BCUT2D eigenvalue weighted by molar-refractivity contribution is 5.92. The number of benzene rings is 1. The van der Waals surface area contributed by atoms with E-state index in [9.17, 15) is 13.6 Å². The Morgan fingerprint density at radius 3 is 2.62 bits per heavy atom. The van der Waals surface area contributed by atoms with E-state index >= 15 is 0 Å². The minimum atomic E-state index is -1.15. The SMILES string of the molecule is CC(=O)Nc1ccc(F)c(F)c1N. The van der Waals surface area contributed by atoms with Crippen molar-refractivity contribution in [3.63, 3.8) is 0 Å². The Morgan fingerprint density at radius 1 is 1.46 bits per heavy atom. The molecule has 0 saturated carbocycles. The molecule has 3 nitrogen and oxygen atoms in total. The maximum Gasteiger partial charge on any atom is 0.221 e. The number of halogens is 2. The number of carbonyl (C=O) groups excluding carboxylic acids is 1. The standard InChI is InChI=1S/C8H8F2N2O/c1-4(13)12-6-3-2-5(9)7(10)8(6)11/h2-3H,11H2,1H3,(H,12,13). The summed E-state index contributed by atoms with van der Waals surface area (Å²) in [5, 5.41) is 2.27. The summed E-state index contributed by atoms with van der Waals surface area (Å²) in [4.78, 5) is 10.6. The summed E-state index contributed by atoms with van der Waals surface area (Å²) in [6, 6.07) is 2.10. The van der Waals surface area contributed by atoms with Gasteiger partial charge in [0, 0.05) is 6.92 Å². The summed E-state index contributed by atoms with van der Waals surface area (Å²) in [5.74, 6) is -2.57. The van der Waals surface area contributed by atoms with Gasteiger partial charge in [-0.15, -0.1) is 0 Å². The summed E-state index contributed by atoms with van der Waals surface area (Å²) in [7, 11) is 0. The van der Waals surface area contributed by atoms with Crippen molar-refractivity contribution in [2.24, 2.45) is 0 Å². The van der Waals surface area contributed by atoms with Crippen LogP contribution in [0.15, 0.2) is 12.1 Å². The van der Waals surface area contributed by atoms with Gasteiger partial charge < -0.3 is 11.1 Å². The van der Waals surface area contributed by atoms with E-state index in [0.717, 1.165) is 6.07 Å². The first-order valence-corrected chi connectivity index (χ1v) is 3.53. The maximum atomic E-state index is 12.8. The Morgan fingerprint density at radius 2 is 2.08 bits per heavy atom. The fourth-order valence-electron chi connectivity index (χ4n) is 0.865. The van der Waals surface area contributed by atoms with Crippen LogP contribution in [0.25, 0.3) is 0 Å². The highest BCUT2D eigenvalue weighted by Crippen LogP contribution is 2.23. The highest BCUT2D eigenvalue weighted by atomic mass is 19.2. The van der Waals surface area contributed by atoms with E-state index in [4.69, 9.17) is 5.73 Å². The highest BCUT2D eigenvalue weighted by Gasteiger charge is 2.10. The Bertz CT molecular complexity index is 352. The number of hydrogen-bond acceptors (Lipinski definition) is 2. The zero-order valence-corrected chi connectivity index (χ0v) is 6.90. The van der Waals surface area contributed by atoms with Gasteiger partial charge in [0.05, 0.1) is 11.4 Å². The fraction of sp³-hybridized carbons (Fsp3) is 0.125. The van der Waals surface area contributed by atoms with Gasteiger partial charge in [-0.05, 0) is 12.1 Å². The van der Waals surface area contributed by atoms with E-state index < -0.39 is 23.2 Å². The third-order valence-electron chi connectivity index (χ3n) is 1.44. The second kappa shape index (κ2) is 3.38. The van der Waals surface area contributed by atoms with Gasteiger partial charge in [-0.2, -0.15) is 0 Å². The van der Waals surface area contributed by atoms with Gasteiger partial charge in [0.2, 0.25) is 5.91 Å². The van der Waals surface area contributed by atoms with Crippen molar-refractivity contribution in [3.8, 4) is 0 Å². The molecule has 0 spiro atoms. The average Bonchev–Trinajstić information content (AvgIpc) is 2.06. The van der Waals surface area contributed by atoms with Crippen molar-refractivity contribution in [2.75, 3.05) is 11.1 Å². The zero-order chi connectivity index (χ0) is 10.0. The lowest BCUT2D eigenvalue weighted by atomic mass is 10.2. The predicted molar refractivity (Wildman–Crippen MR) is 45.1 cm³/mol. The predicted octanol–water partition coefficient (Wildman–Crippen LogP) is 1.51. The Hall–Kier alpha value is -1.65. The third-order valence-corrected chi connectivity index (χ3v) is 1.44. The first-order valence-electron chi connectivity index (χ1n) is 3.53. The van der Waals surface area contributed by atoms with Gasteiger partial charge in [-0.3, -0.25) is 4.79 Å². The van der Waals surface area contributed by atoms with Gasteiger partial charge >= 0.3 is 0 Å². The smallest absolute Gasteiger partial charge is 0.221 e. The van der Waals surface area contributed by atoms with Crippen molar-refractivity contribution in [1.82, 2.24) is 0 Å². The molecule has 0 aliphatic rings. The number of carbonyl (C=O) groups is 1. The lowest BCUT2D eigenvalue weighted by molar-refractivity contribution is -0.114. The van der Waals surface area contributed by atoms with Crippen molar-refractivity contribution in [1.29, 1.82) is 0 Å². The summed E-state index contributed by atoms with van der Waals surface area (Å²) >= 11 is 0. The van der Waals surface area contributed by atoms with Crippen LogP contribution in [0.1, 0.15) is 6.92 Å². The molecule has 13 heavy (non-hydrogen) atoms. The molecule has 1 rings (SSSR count). The van der Waals surface area contributed by atoms with Gasteiger partial charge in [0.15, 0.2) is 11.6 Å². The van der Waals surface area contributed by atoms with E-state index in [1.807, 2.05) is 0 Å². The molecule has 0 fully saturated rings. The fourth-order valence-corrected chi connectivity index (χ4v) is 0.865. The lowest BCUT2D eigenvalue weighted by Crippen LogP contribution is -2.09. The van der Waals surface area contributed by atoms with E-state index in [2.05, 4.69) is 5.32 Å². The minimum Gasteiger partial charge on any atom is -0.395 e. The average molecular weight is 186 g/mol. The Labute approximate surface area is 73.5 Å². The molecule has 1 aromatic carbocycles. The number of nitrogens with two attached hydrogens (primary N) is 1. The first-order chi connectivity index (χ1) is 6.02. The molecule has 5 heteroatoms. The zero-order valence-electron chi connectivity index (χ0n) is 6.90. The molecule has 0 aromatic heterocycles. The van der Waals surface area contributed by atoms with Gasteiger partial charge in [-0.25, -0.2) is 8.78 Å². The number of amides is 1. The van der Waals surface area contributed by atoms with Gasteiger partial charge in [0.1, 0.15) is 0 Å². The molecule has 0 bridgehead atoms. The summed E-state index contributed by atoms with van der Waals surface area (Å²) in [5.41, 5.74) is 4.88. The topological polar surface area (TPSA) is 55.1 Å². The van der Waals surface area contributed by atoms with Crippen LogP contribution in [0.4, 0.5) is 20.2 Å². The molecule has 1 amide bonds.